The summed E-state index contributed by atoms with van der Waals surface area (Å²) in [6.45, 7) is 0.192. The first kappa shape index (κ1) is 17.6. The van der Waals surface area contributed by atoms with Crippen LogP contribution in [0.5, 0.6) is 5.88 Å². The molecule has 24 heavy (non-hydrogen) atoms. The second-order valence-electron chi connectivity index (χ2n) is 4.88. The third kappa shape index (κ3) is 4.90. The molecule has 2 rings (SSSR count). The van der Waals surface area contributed by atoms with Gasteiger partial charge in [-0.3, -0.25) is 9.78 Å². The smallest absolute Gasteiger partial charge is 0.422 e. The maximum absolute atomic E-state index is 13.5. The Hall–Kier alpha value is -2.71. The minimum atomic E-state index is -4.45. The van der Waals surface area contributed by atoms with Gasteiger partial charge in [0, 0.05) is 18.5 Å². The van der Waals surface area contributed by atoms with E-state index in [1.165, 1.54) is 30.6 Å². The number of aromatic nitrogens is 2. The van der Waals surface area contributed by atoms with Crippen LogP contribution in [0.3, 0.4) is 0 Å². The van der Waals surface area contributed by atoms with Gasteiger partial charge in [0.2, 0.25) is 5.88 Å². The first-order valence-electron chi connectivity index (χ1n) is 6.82. The number of ether oxygens (including phenoxy) is 1. The Morgan fingerprint density at radius 2 is 2.04 bits per heavy atom. The van der Waals surface area contributed by atoms with E-state index in [2.05, 4.69) is 20.0 Å². The highest BCUT2D eigenvalue weighted by Crippen LogP contribution is 2.19. The Balaban J connectivity index is 1.99. The summed E-state index contributed by atoms with van der Waals surface area (Å²) in [7, 11) is 0. The quantitative estimate of drug-likeness (QED) is 0.848. The number of rotatable bonds is 5. The fraction of sp³-hybridized carbons (Fsp3) is 0.267. The number of carbonyl (C=O) groups excluding carboxylic acids is 1. The molecule has 2 aromatic rings. The largest absolute Gasteiger partial charge is 0.468 e. The van der Waals surface area contributed by atoms with Crippen molar-refractivity contribution in [3.05, 3.63) is 53.7 Å². The summed E-state index contributed by atoms with van der Waals surface area (Å²) in [5, 5.41) is 2.56. The molecule has 0 radical (unpaired) electrons. The Kier molecular flexibility index (Phi) is 5.32. The van der Waals surface area contributed by atoms with E-state index < -0.39 is 30.5 Å². The molecular formula is C15H13F4N3O2. The van der Waals surface area contributed by atoms with Crippen molar-refractivity contribution < 1.29 is 27.1 Å². The van der Waals surface area contributed by atoms with Gasteiger partial charge in [-0.25, -0.2) is 9.37 Å². The molecule has 0 aliphatic rings. The summed E-state index contributed by atoms with van der Waals surface area (Å²) in [5.74, 6) is -1.58. The fourth-order valence-corrected chi connectivity index (χ4v) is 1.81. The van der Waals surface area contributed by atoms with Crippen LogP contribution >= 0.6 is 0 Å². The lowest BCUT2D eigenvalue weighted by Crippen LogP contribution is -2.27. The van der Waals surface area contributed by atoms with Crippen molar-refractivity contribution in [2.45, 2.75) is 19.1 Å². The molecule has 1 amide bonds. The molecule has 2 heterocycles. The van der Waals surface area contributed by atoms with Crippen molar-refractivity contribution >= 4 is 5.91 Å². The molecule has 0 aliphatic heterocycles. The monoisotopic (exact) mass is 343 g/mol. The molecule has 1 N–H and O–H groups in total. The van der Waals surface area contributed by atoms with Crippen LogP contribution in [0, 0.1) is 5.82 Å². The van der Waals surface area contributed by atoms with Crippen LogP contribution in [0.4, 0.5) is 17.6 Å². The van der Waals surface area contributed by atoms with Crippen molar-refractivity contribution in [3.8, 4) is 5.88 Å². The zero-order valence-corrected chi connectivity index (χ0v) is 12.5. The van der Waals surface area contributed by atoms with Gasteiger partial charge in [-0.05, 0) is 18.6 Å². The van der Waals surface area contributed by atoms with E-state index in [0.29, 0.717) is 5.56 Å². The summed E-state index contributed by atoms with van der Waals surface area (Å²) in [4.78, 5) is 19.3. The number of carbonyl (C=O) groups is 1. The van der Waals surface area contributed by atoms with Gasteiger partial charge in [0.25, 0.3) is 5.91 Å². The first-order valence-corrected chi connectivity index (χ1v) is 6.82. The van der Waals surface area contributed by atoms with E-state index in [0.717, 1.165) is 6.20 Å². The number of nitrogens with zero attached hydrogens (tertiary/aromatic N) is 2. The van der Waals surface area contributed by atoms with Crippen LogP contribution in [0.25, 0.3) is 0 Å². The Labute approximate surface area is 134 Å². The van der Waals surface area contributed by atoms with Crippen molar-refractivity contribution in [1.82, 2.24) is 15.3 Å². The van der Waals surface area contributed by atoms with Crippen LogP contribution in [-0.2, 0) is 0 Å². The minimum absolute atomic E-state index is 0.157. The van der Waals surface area contributed by atoms with E-state index >= 15 is 0 Å². The molecule has 0 bridgehead atoms. The lowest BCUT2D eigenvalue weighted by molar-refractivity contribution is -0.154. The summed E-state index contributed by atoms with van der Waals surface area (Å²) in [5.41, 5.74) is 0.368. The van der Waals surface area contributed by atoms with Gasteiger partial charge < -0.3 is 10.1 Å². The standard InChI is InChI=1S/C15H13F4N3O2/c1-9(22-14(23)11-4-5-20-7-12(11)16)10-2-3-13(21-6-10)24-8-15(17,18)19/h2-7,9H,8H2,1H3,(H,22,23). The summed E-state index contributed by atoms with van der Waals surface area (Å²) in [6, 6.07) is 3.43. The number of halogens is 4. The van der Waals surface area contributed by atoms with Crippen molar-refractivity contribution in [1.29, 1.82) is 0 Å². The van der Waals surface area contributed by atoms with Gasteiger partial charge in [0.15, 0.2) is 12.4 Å². The topological polar surface area (TPSA) is 64.1 Å². The first-order chi connectivity index (χ1) is 11.3. The molecule has 1 unspecified atom stereocenters. The Morgan fingerprint density at radius 1 is 1.29 bits per heavy atom. The second-order valence-corrected chi connectivity index (χ2v) is 4.88. The number of pyridine rings is 2. The van der Waals surface area contributed by atoms with E-state index in [1.807, 2.05) is 0 Å². The average molecular weight is 343 g/mol. The number of alkyl halides is 3. The number of amides is 1. The lowest BCUT2D eigenvalue weighted by Gasteiger charge is -2.15. The summed E-state index contributed by atoms with van der Waals surface area (Å²) in [6.07, 6.45) is -0.958. The zero-order chi connectivity index (χ0) is 17.7. The molecule has 128 valence electrons. The molecule has 0 aliphatic carbocycles. The molecular weight excluding hydrogens is 330 g/mol. The molecule has 0 fully saturated rings. The Bertz CT molecular complexity index is 705. The fourth-order valence-electron chi connectivity index (χ4n) is 1.81. The molecule has 2 aromatic heterocycles. The summed E-state index contributed by atoms with van der Waals surface area (Å²) >= 11 is 0. The average Bonchev–Trinajstić information content (AvgIpc) is 2.53. The maximum Gasteiger partial charge on any atom is 0.422 e. The van der Waals surface area contributed by atoms with Crippen molar-refractivity contribution in [2.24, 2.45) is 0 Å². The maximum atomic E-state index is 13.5. The lowest BCUT2D eigenvalue weighted by atomic mass is 10.1. The molecule has 1 atom stereocenters. The second kappa shape index (κ2) is 7.24. The van der Waals surface area contributed by atoms with Gasteiger partial charge in [-0.1, -0.05) is 6.07 Å². The molecule has 9 heteroatoms. The third-order valence-corrected chi connectivity index (χ3v) is 3.01. The SMILES string of the molecule is CC(NC(=O)c1ccncc1F)c1ccc(OCC(F)(F)F)nc1. The van der Waals surface area contributed by atoms with Gasteiger partial charge in [0.1, 0.15) is 0 Å². The molecule has 0 saturated heterocycles. The predicted molar refractivity (Wildman–Crippen MR) is 75.9 cm³/mol. The van der Waals surface area contributed by atoms with Gasteiger partial charge >= 0.3 is 6.18 Å². The van der Waals surface area contributed by atoms with E-state index in [1.54, 1.807) is 6.92 Å². The van der Waals surface area contributed by atoms with Crippen LogP contribution < -0.4 is 10.1 Å². The zero-order valence-electron chi connectivity index (χ0n) is 12.5. The van der Waals surface area contributed by atoms with Crippen molar-refractivity contribution in [2.75, 3.05) is 6.61 Å². The highest BCUT2D eigenvalue weighted by atomic mass is 19.4. The number of nitrogens with one attached hydrogen (secondary N) is 1. The number of hydrogen-bond donors (Lipinski definition) is 1. The third-order valence-electron chi connectivity index (χ3n) is 3.01. The van der Waals surface area contributed by atoms with Gasteiger partial charge in [0.05, 0.1) is 17.8 Å². The highest BCUT2D eigenvalue weighted by Gasteiger charge is 2.28. The van der Waals surface area contributed by atoms with E-state index in [9.17, 15) is 22.4 Å². The van der Waals surface area contributed by atoms with Crippen molar-refractivity contribution in [3.63, 3.8) is 0 Å². The van der Waals surface area contributed by atoms with E-state index in [4.69, 9.17) is 0 Å². The highest BCUT2D eigenvalue weighted by molar-refractivity contribution is 5.94. The molecule has 0 aromatic carbocycles. The normalized spacial score (nSPS) is 12.5. The van der Waals surface area contributed by atoms with Gasteiger partial charge in [-0.2, -0.15) is 13.2 Å². The number of hydrogen-bond acceptors (Lipinski definition) is 4. The van der Waals surface area contributed by atoms with Crippen LogP contribution in [0.2, 0.25) is 0 Å². The van der Waals surface area contributed by atoms with Crippen LogP contribution in [0.1, 0.15) is 28.9 Å². The molecule has 5 nitrogen and oxygen atoms in total. The van der Waals surface area contributed by atoms with Crippen LogP contribution in [0.15, 0.2) is 36.8 Å². The van der Waals surface area contributed by atoms with Gasteiger partial charge in [-0.15, -0.1) is 0 Å². The molecule has 0 spiro atoms. The summed E-state index contributed by atoms with van der Waals surface area (Å²) < 4.78 is 54.1. The minimum Gasteiger partial charge on any atom is -0.468 e. The van der Waals surface area contributed by atoms with E-state index in [-0.39, 0.29) is 11.4 Å². The Morgan fingerprint density at radius 3 is 2.62 bits per heavy atom. The molecule has 0 saturated carbocycles. The predicted octanol–water partition coefficient (Wildman–Crippen LogP) is 3.05. The van der Waals surface area contributed by atoms with Crippen LogP contribution in [-0.4, -0.2) is 28.7 Å².